The van der Waals surface area contributed by atoms with Crippen molar-refractivity contribution in [1.82, 2.24) is 5.32 Å². The van der Waals surface area contributed by atoms with Gasteiger partial charge in [0.2, 0.25) is 0 Å². The van der Waals surface area contributed by atoms with Crippen LogP contribution in [0.3, 0.4) is 0 Å². The number of nitrogens with one attached hydrogen (secondary N) is 1. The van der Waals surface area contributed by atoms with Gasteiger partial charge in [-0.3, -0.25) is 0 Å². The summed E-state index contributed by atoms with van der Waals surface area (Å²) in [5.41, 5.74) is 6.44. The lowest BCUT2D eigenvalue weighted by atomic mass is 10.1. The van der Waals surface area contributed by atoms with Gasteiger partial charge in [-0.2, -0.15) is 0 Å². The van der Waals surface area contributed by atoms with Gasteiger partial charge in [0.1, 0.15) is 5.75 Å². The predicted octanol–water partition coefficient (Wildman–Crippen LogP) is 0.761. The van der Waals surface area contributed by atoms with Crippen molar-refractivity contribution < 1.29 is 14.2 Å². The molecule has 0 atom stereocenters. The molecular weight excluding hydrogens is 220 g/mol. The summed E-state index contributed by atoms with van der Waals surface area (Å²) in [6.07, 6.45) is 0.820. The topological polar surface area (TPSA) is 65.7 Å². The molecule has 0 amide bonds. The van der Waals surface area contributed by atoms with Gasteiger partial charge in [-0.15, -0.1) is 0 Å². The van der Waals surface area contributed by atoms with Crippen molar-refractivity contribution in [2.45, 2.75) is 6.42 Å². The molecule has 0 radical (unpaired) electrons. The summed E-state index contributed by atoms with van der Waals surface area (Å²) in [4.78, 5) is 0. The van der Waals surface area contributed by atoms with Crippen LogP contribution in [0.2, 0.25) is 0 Å². The van der Waals surface area contributed by atoms with Crippen LogP contribution in [0.25, 0.3) is 0 Å². The maximum absolute atomic E-state index is 5.38. The van der Waals surface area contributed by atoms with Crippen LogP contribution >= 0.6 is 0 Å². The Morgan fingerprint density at radius 1 is 1.00 bits per heavy atom. The maximum Gasteiger partial charge on any atom is 0.164 e. The van der Waals surface area contributed by atoms with Crippen LogP contribution in [0.15, 0.2) is 12.1 Å². The van der Waals surface area contributed by atoms with Crippen LogP contribution in [0, 0.1) is 0 Å². The van der Waals surface area contributed by atoms with Crippen molar-refractivity contribution in [3.63, 3.8) is 0 Å². The second-order valence-corrected chi connectivity index (χ2v) is 3.47. The molecule has 0 spiro atoms. The summed E-state index contributed by atoms with van der Waals surface area (Å²) >= 11 is 0. The quantitative estimate of drug-likeness (QED) is 0.544. The first-order valence-electron chi connectivity index (χ1n) is 5.46. The summed E-state index contributed by atoms with van der Waals surface area (Å²) in [6.45, 7) is 1.26. The Morgan fingerprint density at radius 2 is 1.59 bits per heavy atom. The van der Waals surface area contributed by atoms with E-state index < -0.39 is 0 Å². The molecule has 1 aromatic carbocycles. The Hall–Kier alpha value is -1.46. The maximum atomic E-state index is 5.38. The molecule has 96 valence electrons. The lowest BCUT2D eigenvalue weighted by Crippen LogP contribution is -2.24. The van der Waals surface area contributed by atoms with E-state index >= 15 is 0 Å². The predicted molar refractivity (Wildman–Crippen MR) is 66.9 cm³/mol. The van der Waals surface area contributed by atoms with Gasteiger partial charge in [-0.25, -0.2) is 0 Å². The lowest BCUT2D eigenvalue weighted by Gasteiger charge is -2.14. The van der Waals surface area contributed by atoms with Gasteiger partial charge in [0.25, 0.3) is 0 Å². The normalized spacial score (nSPS) is 10.1. The molecule has 0 heterocycles. The highest BCUT2D eigenvalue weighted by Gasteiger charge is 2.11. The van der Waals surface area contributed by atoms with Crippen molar-refractivity contribution in [2.24, 2.45) is 5.73 Å². The average Bonchev–Trinajstić information content (AvgIpc) is 2.38. The molecule has 0 aromatic heterocycles. The van der Waals surface area contributed by atoms with Gasteiger partial charge in [0.15, 0.2) is 11.5 Å². The minimum Gasteiger partial charge on any atom is -0.496 e. The first-order chi connectivity index (χ1) is 8.26. The fraction of sp³-hybridized carbons (Fsp3) is 0.500. The van der Waals surface area contributed by atoms with Crippen LogP contribution in [0.4, 0.5) is 0 Å². The zero-order chi connectivity index (χ0) is 12.7. The Balaban J connectivity index is 2.93. The highest BCUT2D eigenvalue weighted by molar-refractivity contribution is 5.50. The van der Waals surface area contributed by atoms with E-state index in [1.165, 1.54) is 0 Å². The van der Waals surface area contributed by atoms with Crippen LogP contribution in [0.1, 0.15) is 5.56 Å². The molecule has 0 saturated carbocycles. The number of hydrogen-bond acceptors (Lipinski definition) is 5. The lowest BCUT2D eigenvalue weighted by molar-refractivity contribution is 0.347. The summed E-state index contributed by atoms with van der Waals surface area (Å²) in [7, 11) is 4.86. The summed E-state index contributed by atoms with van der Waals surface area (Å²) in [5, 5.41) is 3.06. The number of rotatable bonds is 7. The summed E-state index contributed by atoms with van der Waals surface area (Å²) < 4.78 is 15.8. The third kappa shape index (κ3) is 3.51. The molecule has 0 aliphatic heterocycles. The molecule has 0 fully saturated rings. The van der Waals surface area contributed by atoms with E-state index in [4.69, 9.17) is 19.9 Å². The number of ether oxygens (including phenoxy) is 3. The standard InChI is InChI=1S/C12H20N2O3/c1-15-10-7-12(17-3)11(16-2)6-9(10)4-5-14-8-13/h6-7,14H,4-5,8,13H2,1-3H3. The highest BCUT2D eigenvalue weighted by atomic mass is 16.5. The van der Waals surface area contributed by atoms with E-state index in [-0.39, 0.29) is 0 Å². The molecule has 17 heavy (non-hydrogen) atoms. The zero-order valence-corrected chi connectivity index (χ0v) is 10.6. The second-order valence-electron chi connectivity index (χ2n) is 3.47. The van der Waals surface area contributed by atoms with Gasteiger partial charge in [-0.1, -0.05) is 0 Å². The second kappa shape index (κ2) is 6.98. The van der Waals surface area contributed by atoms with E-state index in [1.807, 2.05) is 12.1 Å². The van der Waals surface area contributed by atoms with E-state index in [0.29, 0.717) is 18.2 Å². The monoisotopic (exact) mass is 240 g/mol. The Labute approximate surface area is 102 Å². The van der Waals surface area contributed by atoms with E-state index in [2.05, 4.69) is 5.32 Å². The first kappa shape index (κ1) is 13.6. The molecule has 0 aliphatic rings. The zero-order valence-electron chi connectivity index (χ0n) is 10.6. The van der Waals surface area contributed by atoms with Crippen molar-refractivity contribution in [2.75, 3.05) is 34.5 Å². The van der Waals surface area contributed by atoms with Crippen LogP contribution < -0.4 is 25.3 Å². The number of benzene rings is 1. The minimum atomic E-state index is 0.468. The van der Waals surface area contributed by atoms with Gasteiger partial charge in [-0.05, 0) is 18.1 Å². The van der Waals surface area contributed by atoms with Gasteiger partial charge in [0, 0.05) is 19.3 Å². The SMILES string of the molecule is COc1cc(OC)c(OC)cc1CCNCN. The third-order valence-electron chi connectivity index (χ3n) is 2.50. The third-order valence-corrected chi connectivity index (χ3v) is 2.50. The molecule has 0 saturated heterocycles. The Morgan fingerprint density at radius 3 is 2.12 bits per heavy atom. The Kier molecular flexibility index (Phi) is 5.59. The molecule has 1 aromatic rings. The number of nitrogens with two attached hydrogens (primary N) is 1. The van der Waals surface area contributed by atoms with Crippen LogP contribution in [0.5, 0.6) is 17.2 Å². The van der Waals surface area contributed by atoms with Gasteiger partial charge >= 0.3 is 0 Å². The van der Waals surface area contributed by atoms with Crippen LogP contribution in [-0.2, 0) is 6.42 Å². The largest absolute Gasteiger partial charge is 0.496 e. The minimum absolute atomic E-state index is 0.468. The smallest absolute Gasteiger partial charge is 0.164 e. The van der Waals surface area contributed by atoms with Crippen molar-refractivity contribution >= 4 is 0 Å². The summed E-state index contributed by atoms with van der Waals surface area (Å²) in [5.74, 6) is 2.16. The van der Waals surface area contributed by atoms with Crippen molar-refractivity contribution in [1.29, 1.82) is 0 Å². The van der Waals surface area contributed by atoms with E-state index in [9.17, 15) is 0 Å². The van der Waals surface area contributed by atoms with Gasteiger partial charge in [0.05, 0.1) is 21.3 Å². The molecule has 5 heteroatoms. The molecule has 0 unspecified atom stereocenters. The molecule has 5 nitrogen and oxygen atoms in total. The fourth-order valence-electron chi connectivity index (χ4n) is 1.61. The highest BCUT2D eigenvalue weighted by Crippen LogP contribution is 2.34. The first-order valence-corrected chi connectivity index (χ1v) is 5.46. The van der Waals surface area contributed by atoms with Crippen LogP contribution in [-0.4, -0.2) is 34.5 Å². The fourth-order valence-corrected chi connectivity index (χ4v) is 1.61. The molecule has 1 rings (SSSR count). The Bertz CT molecular complexity index is 356. The van der Waals surface area contributed by atoms with Gasteiger partial charge < -0.3 is 25.3 Å². The van der Waals surface area contributed by atoms with Crippen molar-refractivity contribution in [3.05, 3.63) is 17.7 Å². The van der Waals surface area contributed by atoms with E-state index in [0.717, 1.165) is 24.3 Å². The molecule has 3 N–H and O–H groups in total. The number of hydrogen-bond donors (Lipinski definition) is 2. The average molecular weight is 240 g/mol. The molecular formula is C12H20N2O3. The van der Waals surface area contributed by atoms with E-state index in [1.54, 1.807) is 21.3 Å². The molecule has 0 aliphatic carbocycles. The summed E-state index contributed by atoms with van der Waals surface area (Å²) in [6, 6.07) is 3.76. The molecule has 0 bridgehead atoms. The number of methoxy groups -OCH3 is 3. The van der Waals surface area contributed by atoms with Crippen molar-refractivity contribution in [3.8, 4) is 17.2 Å².